The van der Waals surface area contributed by atoms with E-state index in [9.17, 15) is 15.0 Å². The van der Waals surface area contributed by atoms with Crippen LogP contribution in [-0.4, -0.2) is 26.4 Å². The van der Waals surface area contributed by atoms with Crippen LogP contribution in [0, 0.1) is 0 Å². The molecule has 7 heteroatoms. The summed E-state index contributed by atoms with van der Waals surface area (Å²) in [6, 6.07) is 20.9. The second-order valence-electron chi connectivity index (χ2n) is 8.02. The Labute approximate surface area is 181 Å². The van der Waals surface area contributed by atoms with Crippen LogP contribution in [0.4, 0.5) is 0 Å². The van der Waals surface area contributed by atoms with Crippen molar-refractivity contribution in [1.29, 1.82) is 0 Å². The fourth-order valence-corrected chi connectivity index (χ4v) is 2.95. The first-order valence-electron chi connectivity index (χ1n) is 9.91. The lowest BCUT2D eigenvalue weighted by Crippen LogP contribution is -2.49. The van der Waals surface area contributed by atoms with Crippen molar-refractivity contribution in [2.75, 3.05) is 0 Å². The van der Waals surface area contributed by atoms with E-state index in [1.807, 2.05) is 60.7 Å². The maximum atomic E-state index is 13.4. The predicted octanol–water partition coefficient (Wildman–Crippen LogP) is 4.28. The molecule has 0 spiro atoms. The minimum atomic E-state index is -2.27. The number of carbonyl (C=O) groups excluding carboxylic acids is 1. The van der Waals surface area contributed by atoms with Crippen molar-refractivity contribution in [3.8, 4) is 11.8 Å². The summed E-state index contributed by atoms with van der Waals surface area (Å²) in [4.78, 5) is 13.4. The molecule has 31 heavy (non-hydrogen) atoms. The van der Waals surface area contributed by atoms with Crippen LogP contribution in [0.25, 0.3) is 0 Å². The smallest absolute Gasteiger partial charge is 0.391 e. The van der Waals surface area contributed by atoms with Crippen molar-refractivity contribution in [3.63, 3.8) is 0 Å². The standard InChI is InChI=1S/C24H27NO6/c1-23(2,3)31-22(28)24(25-20(26)14-15-21(25)27,29-16-18-10-6-4-7-11-18)30-17-19-12-8-5-9-13-19/h4-15,26-27H,16-17H2,1-3H3. The number of aromatic nitrogens is 1. The minimum Gasteiger partial charge on any atom is -0.494 e. The van der Waals surface area contributed by atoms with Gasteiger partial charge in [0.05, 0.1) is 13.2 Å². The highest BCUT2D eigenvalue weighted by Crippen LogP contribution is 2.36. The highest BCUT2D eigenvalue weighted by Gasteiger charge is 2.50. The molecule has 164 valence electrons. The van der Waals surface area contributed by atoms with Gasteiger partial charge < -0.3 is 24.4 Å². The van der Waals surface area contributed by atoms with Crippen LogP contribution in [0.5, 0.6) is 11.8 Å². The summed E-state index contributed by atoms with van der Waals surface area (Å²) in [5.74, 6) is -4.00. The lowest BCUT2D eigenvalue weighted by atomic mass is 10.2. The molecular weight excluding hydrogens is 398 g/mol. The van der Waals surface area contributed by atoms with Crippen molar-refractivity contribution in [2.45, 2.75) is 45.5 Å². The fraction of sp³-hybridized carbons (Fsp3) is 0.292. The van der Waals surface area contributed by atoms with Crippen molar-refractivity contribution >= 4 is 5.97 Å². The second kappa shape index (κ2) is 9.24. The van der Waals surface area contributed by atoms with E-state index in [4.69, 9.17) is 14.2 Å². The van der Waals surface area contributed by atoms with Crippen LogP contribution < -0.4 is 0 Å². The van der Waals surface area contributed by atoms with Crippen LogP contribution in [0.2, 0.25) is 0 Å². The maximum Gasteiger partial charge on any atom is 0.391 e. The molecule has 0 amide bonds. The Kier molecular flexibility index (Phi) is 6.68. The molecule has 0 fully saturated rings. The molecule has 2 aromatic carbocycles. The summed E-state index contributed by atoms with van der Waals surface area (Å²) in [7, 11) is 0. The Morgan fingerprint density at radius 2 is 1.19 bits per heavy atom. The highest BCUT2D eigenvalue weighted by atomic mass is 16.8. The number of nitrogens with zero attached hydrogens (tertiary/aromatic N) is 1. The van der Waals surface area contributed by atoms with Crippen LogP contribution in [-0.2, 0) is 38.1 Å². The van der Waals surface area contributed by atoms with Gasteiger partial charge in [0, 0.05) is 12.1 Å². The SMILES string of the molecule is CC(C)(C)OC(=O)C(OCc1ccccc1)(OCc1ccccc1)n1c(O)ccc1O. The van der Waals surface area contributed by atoms with Crippen LogP contribution in [0.3, 0.4) is 0 Å². The van der Waals surface area contributed by atoms with Gasteiger partial charge in [0.1, 0.15) is 5.60 Å². The summed E-state index contributed by atoms with van der Waals surface area (Å²) >= 11 is 0. The van der Waals surface area contributed by atoms with Crippen LogP contribution >= 0.6 is 0 Å². The predicted molar refractivity (Wildman–Crippen MR) is 114 cm³/mol. The number of hydrogen-bond donors (Lipinski definition) is 2. The van der Waals surface area contributed by atoms with Gasteiger partial charge in [0.2, 0.25) is 0 Å². The first kappa shape index (κ1) is 22.4. The maximum absolute atomic E-state index is 13.4. The van der Waals surface area contributed by atoms with Gasteiger partial charge in [-0.1, -0.05) is 60.7 Å². The number of rotatable bonds is 8. The molecule has 3 rings (SSSR count). The Morgan fingerprint density at radius 3 is 1.58 bits per heavy atom. The monoisotopic (exact) mass is 425 g/mol. The van der Waals surface area contributed by atoms with Crippen LogP contribution in [0.15, 0.2) is 72.8 Å². The van der Waals surface area contributed by atoms with Crippen molar-refractivity contribution < 1.29 is 29.2 Å². The van der Waals surface area contributed by atoms with E-state index >= 15 is 0 Å². The van der Waals surface area contributed by atoms with E-state index in [0.717, 1.165) is 15.7 Å². The van der Waals surface area contributed by atoms with Gasteiger partial charge in [-0.2, -0.15) is 0 Å². The number of hydrogen-bond acceptors (Lipinski definition) is 6. The number of benzene rings is 2. The third kappa shape index (κ3) is 5.45. The van der Waals surface area contributed by atoms with Crippen molar-refractivity contribution in [3.05, 3.63) is 83.9 Å². The normalized spacial score (nSPS) is 12.0. The van der Waals surface area contributed by atoms with Crippen LogP contribution in [0.1, 0.15) is 31.9 Å². The highest BCUT2D eigenvalue weighted by molar-refractivity contribution is 5.77. The summed E-state index contributed by atoms with van der Waals surface area (Å²) < 4.78 is 18.5. The van der Waals surface area contributed by atoms with E-state index in [2.05, 4.69) is 0 Å². The molecule has 0 saturated carbocycles. The lowest BCUT2D eigenvalue weighted by molar-refractivity contribution is -0.307. The first-order valence-corrected chi connectivity index (χ1v) is 9.91. The summed E-state index contributed by atoms with van der Waals surface area (Å²) in [5, 5.41) is 20.9. The molecule has 0 unspecified atom stereocenters. The molecule has 0 aliphatic carbocycles. The fourth-order valence-electron chi connectivity index (χ4n) is 2.95. The van der Waals surface area contributed by atoms with Crippen molar-refractivity contribution in [2.24, 2.45) is 0 Å². The summed E-state index contributed by atoms with van der Waals surface area (Å²) in [5.41, 5.74) is 0.669. The number of esters is 1. The molecule has 0 aliphatic rings. The average Bonchev–Trinajstić information content (AvgIpc) is 3.07. The largest absolute Gasteiger partial charge is 0.494 e. The zero-order valence-corrected chi connectivity index (χ0v) is 17.8. The molecule has 0 radical (unpaired) electrons. The quantitative estimate of drug-likeness (QED) is 0.413. The molecule has 1 aromatic heterocycles. The number of carbonyl (C=O) groups is 1. The van der Waals surface area contributed by atoms with Gasteiger partial charge in [-0.05, 0) is 31.9 Å². The average molecular weight is 425 g/mol. The van der Waals surface area contributed by atoms with E-state index in [1.165, 1.54) is 12.1 Å². The molecular formula is C24H27NO6. The van der Waals surface area contributed by atoms with Gasteiger partial charge in [0.15, 0.2) is 11.8 Å². The van der Waals surface area contributed by atoms with E-state index in [-0.39, 0.29) is 13.2 Å². The van der Waals surface area contributed by atoms with Gasteiger partial charge in [0.25, 0.3) is 0 Å². The zero-order chi connectivity index (χ0) is 22.5. The Morgan fingerprint density at radius 1 is 0.774 bits per heavy atom. The van der Waals surface area contributed by atoms with E-state index < -0.39 is 29.2 Å². The van der Waals surface area contributed by atoms with E-state index in [1.54, 1.807) is 20.8 Å². The van der Waals surface area contributed by atoms with Gasteiger partial charge >= 0.3 is 11.9 Å². The molecule has 0 bridgehead atoms. The third-order valence-electron chi connectivity index (χ3n) is 4.35. The number of aromatic hydroxyl groups is 2. The van der Waals surface area contributed by atoms with Gasteiger partial charge in [-0.25, -0.2) is 9.36 Å². The molecule has 0 saturated heterocycles. The van der Waals surface area contributed by atoms with E-state index in [0.29, 0.717) is 0 Å². The Balaban J connectivity index is 2.05. The molecule has 3 aromatic rings. The Hall–Kier alpha value is -3.29. The molecule has 0 aliphatic heterocycles. The summed E-state index contributed by atoms with van der Waals surface area (Å²) in [6.07, 6.45) is 0. The minimum absolute atomic E-state index is 0.0358. The molecule has 2 N–H and O–H groups in total. The van der Waals surface area contributed by atoms with Gasteiger partial charge in [-0.3, -0.25) is 0 Å². The lowest BCUT2D eigenvalue weighted by Gasteiger charge is -2.35. The third-order valence-corrected chi connectivity index (χ3v) is 4.35. The Bertz CT molecular complexity index is 929. The topological polar surface area (TPSA) is 90.2 Å². The molecule has 7 nitrogen and oxygen atoms in total. The second-order valence-corrected chi connectivity index (χ2v) is 8.02. The zero-order valence-electron chi connectivity index (χ0n) is 17.8. The van der Waals surface area contributed by atoms with Gasteiger partial charge in [-0.15, -0.1) is 0 Å². The first-order chi connectivity index (χ1) is 14.7. The number of ether oxygens (including phenoxy) is 3. The molecule has 0 atom stereocenters. The van der Waals surface area contributed by atoms with Crippen molar-refractivity contribution in [1.82, 2.24) is 4.57 Å². The summed E-state index contributed by atoms with van der Waals surface area (Å²) in [6.45, 7) is 5.05. The molecule has 1 heterocycles.